The van der Waals surface area contributed by atoms with Crippen molar-refractivity contribution in [2.24, 2.45) is 23.7 Å². The van der Waals surface area contributed by atoms with E-state index >= 15 is 0 Å². The normalized spacial score (nSPS) is 25.8. The Morgan fingerprint density at radius 3 is 2.38 bits per heavy atom. The SMILES string of the molecule is C=C(NC1(C(C)C)C=CC(C)CCC1)C(C)CC(CCC)CCC. The third-order valence-corrected chi connectivity index (χ3v) is 6.07. The van der Waals surface area contributed by atoms with Gasteiger partial charge in [-0.25, -0.2) is 0 Å². The maximum Gasteiger partial charge on any atom is 0.0576 e. The van der Waals surface area contributed by atoms with Crippen LogP contribution in [0.3, 0.4) is 0 Å². The lowest BCUT2D eigenvalue weighted by Crippen LogP contribution is -2.48. The number of hydrogen-bond donors (Lipinski definition) is 1. The fourth-order valence-corrected chi connectivity index (χ4v) is 4.22. The third kappa shape index (κ3) is 6.30. The highest BCUT2D eigenvalue weighted by Crippen LogP contribution is 2.33. The average Bonchev–Trinajstić information content (AvgIpc) is 2.70. The first-order valence-corrected chi connectivity index (χ1v) is 10.5. The molecule has 3 unspecified atom stereocenters. The molecule has 3 atom stereocenters. The molecule has 0 amide bonds. The Bertz CT molecular complexity index is 389. The van der Waals surface area contributed by atoms with Gasteiger partial charge in [-0.15, -0.1) is 0 Å². The van der Waals surface area contributed by atoms with Crippen molar-refractivity contribution in [3.63, 3.8) is 0 Å². The Hall–Kier alpha value is -0.720. The standard InChI is InChI=1S/C23H43N/c1-8-11-22(12-9-2)17-20(6)21(7)24-23(18(3)4)15-10-13-19(5)14-16-23/h14,16,18-20,22,24H,7-13,15,17H2,1-6H3. The topological polar surface area (TPSA) is 12.0 Å². The van der Waals surface area contributed by atoms with Crippen LogP contribution in [-0.2, 0) is 0 Å². The molecule has 1 heteroatoms. The van der Waals surface area contributed by atoms with Gasteiger partial charge in [0.2, 0.25) is 0 Å². The van der Waals surface area contributed by atoms with E-state index in [0.29, 0.717) is 17.8 Å². The molecule has 0 fully saturated rings. The van der Waals surface area contributed by atoms with Crippen LogP contribution in [0, 0.1) is 23.7 Å². The van der Waals surface area contributed by atoms with Crippen molar-refractivity contribution in [3.8, 4) is 0 Å². The van der Waals surface area contributed by atoms with Gasteiger partial charge in [-0.1, -0.05) is 92.4 Å². The molecule has 24 heavy (non-hydrogen) atoms. The van der Waals surface area contributed by atoms with Crippen LogP contribution in [-0.4, -0.2) is 5.54 Å². The van der Waals surface area contributed by atoms with Crippen molar-refractivity contribution in [1.29, 1.82) is 0 Å². The Labute approximate surface area is 152 Å². The summed E-state index contributed by atoms with van der Waals surface area (Å²) in [6, 6.07) is 0. The summed E-state index contributed by atoms with van der Waals surface area (Å²) in [6.07, 6.45) is 15.3. The predicted octanol–water partition coefficient (Wildman–Crippen LogP) is 7.10. The van der Waals surface area contributed by atoms with Gasteiger partial charge in [-0.2, -0.15) is 0 Å². The van der Waals surface area contributed by atoms with E-state index in [1.54, 1.807) is 0 Å². The number of rotatable bonds is 10. The molecule has 0 spiro atoms. The van der Waals surface area contributed by atoms with E-state index in [-0.39, 0.29) is 5.54 Å². The second-order valence-electron chi connectivity index (χ2n) is 8.65. The summed E-state index contributed by atoms with van der Waals surface area (Å²) in [6.45, 7) is 18.5. The lowest BCUT2D eigenvalue weighted by Gasteiger charge is -2.39. The number of allylic oxidation sites excluding steroid dienone is 2. The second-order valence-corrected chi connectivity index (χ2v) is 8.65. The van der Waals surface area contributed by atoms with Gasteiger partial charge < -0.3 is 5.32 Å². The zero-order chi connectivity index (χ0) is 18.2. The highest BCUT2D eigenvalue weighted by Gasteiger charge is 2.33. The van der Waals surface area contributed by atoms with E-state index < -0.39 is 0 Å². The molecule has 0 aromatic heterocycles. The number of nitrogens with one attached hydrogen (secondary N) is 1. The van der Waals surface area contributed by atoms with Gasteiger partial charge in [0.1, 0.15) is 0 Å². The van der Waals surface area contributed by atoms with Crippen molar-refractivity contribution < 1.29 is 0 Å². The van der Waals surface area contributed by atoms with E-state index in [1.165, 1.54) is 57.1 Å². The molecule has 1 rings (SSSR count). The van der Waals surface area contributed by atoms with Gasteiger partial charge in [-0.3, -0.25) is 0 Å². The predicted molar refractivity (Wildman–Crippen MR) is 109 cm³/mol. The molecule has 1 N–H and O–H groups in total. The third-order valence-electron chi connectivity index (χ3n) is 6.07. The van der Waals surface area contributed by atoms with Crippen molar-refractivity contribution in [3.05, 3.63) is 24.4 Å². The van der Waals surface area contributed by atoms with E-state index in [9.17, 15) is 0 Å². The molecule has 140 valence electrons. The summed E-state index contributed by atoms with van der Waals surface area (Å²) in [7, 11) is 0. The zero-order valence-electron chi connectivity index (χ0n) is 17.3. The van der Waals surface area contributed by atoms with Gasteiger partial charge in [0.15, 0.2) is 0 Å². The second kappa shape index (κ2) is 10.3. The van der Waals surface area contributed by atoms with Crippen molar-refractivity contribution >= 4 is 0 Å². The van der Waals surface area contributed by atoms with E-state index in [0.717, 1.165) is 5.92 Å². The van der Waals surface area contributed by atoms with Gasteiger partial charge in [0, 0.05) is 5.70 Å². The average molecular weight is 334 g/mol. The summed E-state index contributed by atoms with van der Waals surface area (Å²) < 4.78 is 0. The largest absolute Gasteiger partial charge is 0.379 e. The molecule has 1 aliphatic rings. The Balaban J connectivity index is 2.75. The Morgan fingerprint density at radius 2 is 1.83 bits per heavy atom. The van der Waals surface area contributed by atoms with E-state index in [4.69, 9.17) is 0 Å². The smallest absolute Gasteiger partial charge is 0.0576 e. The molecule has 1 aliphatic carbocycles. The molecule has 0 aromatic rings. The van der Waals surface area contributed by atoms with E-state index in [1.807, 2.05) is 0 Å². The summed E-state index contributed by atoms with van der Waals surface area (Å²) in [4.78, 5) is 0. The van der Waals surface area contributed by atoms with Crippen molar-refractivity contribution in [2.75, 3.05) is 0 Å². The van der Waals surface area contributed by atoms with Gasteiger partial charge in [0.05, 0.1) is 5.54 Å². The summed E-state index contributed by atoms with van der Waals surface area (Å²) in [5.41, 5.74) is 1.35. The molecule has 0 saturated heterocycles. The molecule has 0 aliphatic heterocycles. The first kappa shape index (κ1) is 21.3. The van der Waals surface area contributed by atoms with Crippen LogP contribution in [0.15, 0.2) is 24.4 Å². The first-order valence-electron chi connectivity index (χ1n) is 10.5. The molecule has 0 radical (unpaired) electrons. The monoisotopic (exact) mass is 333 g/mol. The Kier molecular flexibility index (Phi) is 9.16. The first-order chi connectivity index (χ1) is 11.3. The summed E-state index contributed by atoms with van der Waals surface area (Å²) >= 11 is 0. The highest BCUT2D eigenvalue weighted by atomic mass is 15.0. The summed E-state index contributed by atoms with van der Waals surface area (Å²) in [5, 5.41) is 3.90. The molecule has 0 heterocycles. The fraction of sp³-hybridized carbons (Fsp3) is 0.826. The van der Waals surface area contributed by atoms with Crippen molar-refractivity contribution in [1.82, 2.24) is 5.32 Å². The minimum absolute atomic E-state index is 0.0983. The molecule has 0 bridgehead atoms. The van der Waals surface area contributed by atoms with Crippen LogP contribution >= 0.6 is 0 Å². The lowest BCUT2D eigenvalue weighted by molar-refractivity contribution is 0.277. The van der Waals surface area contributed by atoms with Gasteiger partial charge in [0.25, 0.3) is 0 Å². The fourth-order valence-electron chi connectivity index (χ4n) is 4.22. The summed E-state index contributed by atoms with van der Waals surface area (Å²) in [5.74, 6) is 2.70. The lowest BCUT2D eigenvalue weighted by atomic mass is 9.80. The van der Waals surface area contributed by atoms with E-state index in [2.05, 4.69) is 65.6 Å². The Morgan fingerprint density at radius 1 is 1.21 bits per heavy atom. The number of hydrogen-bond acceptors (Lipinski definition) is 1. The molecule has 0 saturated carbocycles. The zero-order valence-corrected chi connectivity index (χ0v) is 17.3. The molecule has 1 nitrogen and oxygen atoms in total. The molecular formula is C23H43N. The van der Waals surface area contributed by atoms with Crippen LogP contribution in [0.5, 0.6) is 0 Å². The van der Waals surface area contributed by atoms with Crippen LogP contribution in [0.2, 0.25) is 0 Å². The minimum Gasteiger partial charge on any atom is -0.379 e. The van der Waals surface area contributed by atoms with Crippen molar-refractivity contribution in [2.45, 2.75) is 98.4 Å². The minimum atomic E-state index is 0.0983. The van der Waals surface area contributed by atoms with Gasteiger partial charge >= 0.3 is 0 Å². The quantitative estimate of drug-likeness (QED) is 0.420. The van der Waals surface area contributed by atoms with Crippen LogP contribution in [0.25, 0.3) is 0 Å². The maximum atomic E-state index is 4.45. The molecule has 0 aromatic carbocycles. The van der Waals surface area contributed by atoms with Gasteiger partial charge in [-0.05, 0) is 42.9 Å². The van der Waals surface area contributed by atoms with Crippen LogP contribution in [0.4, 0.5) is 0 Å². The molecular weight excluding hydrogens is 290 g/mol. The van der Waals surface area contributed by atoms with Crippen LogP contribution in [0.1, 0.15) is 92.9 Å². The van der Waals surface area contributed by atoms with Crippen LogP contribution < -0.4 is 5.32 Å². The maximum absolute atomic E-state index is 4.45. The highest BCUT2D eigenvalue weighted by molar-refractivity contribution is 5.16.